The number of hydrogen-bond donors (Lipinski definition) is 1. The van der Waals surface area contributed by atoms with Crippen LogP contribution in [0.2, 0.25) is 5.02 Å². The molecule has 0 saturated carbocycles. The minimum Gasteiger partial charge on any atom is -0.492 e. The Morgan fingerprint density at radius 3 is 2.46 bits per heavy atom. The molecule has 0 saturated heterocycles. The van der Waals surface area contributed by atoms with Crippen molar-refractivity contribution in [3.8, 4) is 11.8 Å². The zero-order chi connectivity index (χ0) is 18.3. The number of carbonyl (C=O) groups is 1. The van der Waals surface area contributed by atoms with Crippen LogP contribution < -0.4 is 10.1 Å². The Bertz CT molecular complexity index is 583. The Balaban J connectivity index is 2.49. The molecule has 0 bridgehead atoms. The van der Waals surface area contributed by atoms with Crippen molar-refractivity contribution in [3.63, 3.8) is 0 Å². The lowest BCUT2D eigenvalue weighted by Crippen LogP contribution is -2.54. The summed E-state index contributed by atoms with van der Waals surface area (Å²) in [5.74, 6) is 0.598. The minimum absolute atomic E-state index is 0.0252. The molecule has 5 nitrogen and oxygen atoms in total. The highest BCUT2D eigenvalue weighted by molar-refractivity contribution is 6.30. The van der Waals surface area contributed by atoms with Gasteiger partial charge in [-0.3, -0.25) is 9.69 Å². The molecule has 0 heterocycles. The number of nitriles is 1. The van der Waals surface area contributed by atoms with Crippen molar-refractivity contribution in [1.82, 2.24) is 10.2 Å². The number of halogens is 1. The maximum atomic E-state index is 12.4. The van der Waals surface area contributed by atoms with E-state index in [4.69, 9.17) is 16.3 Å². The number of nitrogens with one attached hydrogen (secondary N) is 1. The molecule has 24 heavy (non-hydrogen) atoms. The Kier molecular flexibility index (Phi) is 7.53. The van der Waals surface area contributed by atoms with Gasteiger partial charge in [0.1, 0.15) is 17.9 Å². The summed E-state index contributed by atoms with van der Waals surface area (Å²) < 4.78 is 5.64. The summed E-state index contributed by atoms with van der Waals surface area (Å²) in [7, 11) is 1.86. The standard InChI is InChI=1S/C18H26ClN3O2/c1-13(2)18(4,12-20)21-17(23)14(3)22(5)10-11-24-16-8-6-15(19)7-9-16/h6-9,13-14H,10-11H2,1-5H3,(H,21,23)/t14-,18-/m0/s1. The third kappa shape index (κ3) is 5.70. The van der Waals surface area contributed by atoms with Crippen molar-refractivity contribution in [3.05, 3.63) is 29.3 Å². The fraction of sp³-hybridized carbons (Fsp3) is 0.556. The van der Waals surface area contributed by atoms with Crippen LogP contribution in [0.15, 0.2) is 24.3 Å². The van der Waals surface area contributed by atoms with Crippen LogP contribution >= 0.6 is 11.6 Å². The van der Waals surface area contributed by atoms with Crippen LogP contribution in [0.3, 0.4) is 0 Å². The number of rotatable bonds is 8. The Morgan fingerprint density at radius 1 is 1.38 bits per heavy atom. The van der Waals surface area contributed by atoms with Crippen LogP contribution in [-0.4, -0.2) is 42.6 Å². The van der Waals surface area contributed by atoms with Gasteiger partial charge in [0.05, 0.1) is 12.1 Å². The van der Waals surface area contributed by atoms with E-state index < -0.39 is 5.54 Å². The quantitative estimate of drug-likeness (QED) is 0.781. The molecule has 0 aromatic heterocycles. The normalized spacial score (nSPS) is 14.8. The lowest BCUT2D eigenvalue weighted by atomic mass is 9.90. The molecular weight excluding hydrogens is 326 g/mol. The molecule has 0 aliphatic rings. The van der Waals surface area contributed by atoms with E-state index in [0.717, 1.165) is 5.75 Å². The van der Waals surface area contributed by atoms with Gasteiger partial charge in [-0.05, 0) is 51.1 Å². The van der Waals surface area contributed by atoms with Crippen molar-refractivity contribution >= 4 is 17.5 Å². The maximum Gasteiger partial charge on any atom is 0.238 e. The molecule has 1 amide bonds. The average molecular weight is 352 g/mol. The Morgan fingerprint density at radius 2 is 1.96 bits per heavy atom. The predicted molar refractivity (Wildman–Crippen MR) is 96.0 cm³/mol. The van der Waals surface area contributed by atoms with Crippen LogP contribution in [0.25, 0.3) is 0 Å². The Hall–Kier alpha value is -1.77. The number of hydrogen-bond acceptors (Lipinski definition) is 4. The van der Waals surface area contributed by atoms with Crippen molar-refractivity contribution < 1.29 is 9.53 Å². The fourth-order valence-corrected chi connectivity index (χ4v) is 2.02. The van der Waals surface area contributed by atoms with E-state index in [1.807, 2.05) is 32.7 Å². The zero-order valence-corrected chi connectivity index (χ0v) is 15.7. The summed E-state index contributed by atoms with van der Waals surface area (Å²) in [4.78, 5) is 14.3. The third-order valence-corrected chi connectivity index (χ3v) is 4.59. The summed E-state index contributed by atoms with van der Waals surface area (Å²) in [6.45, 7) is 8.43. The monoisotopic (exact) mass is 351 g/mol. The van der Waals surface area contributed by atoms with Gasteiger partial charge in [0.15, 0.2) is 0 Å². The van der Waals surface area contributed by atoms with E-state index >= 15 is 0 Å². The SMILES string of the molecule is CC(C)[C@](C)(C#N)NC(=O)[C@H](C)N(C)CCOc1ccc(Cl)cc1. The summed E-state index contributed by atoms with van der Waals surface area (Å²) in [5.41, 5.74) is -0.869. The lowest BCUT2D eigenvalue weighted by molar-refractivity contribution is -0.127. The van der Waals surface area contributed by atoms with Crippen molar-refractivity contribution in [2.24, 2.45) is 5.92 Å². The van der Waals surface area contributed by atoms with Gasteiger partial charge in [0.2, 0.25) is 5.91 Å². The minimum atomic E-state index is -0.869. The van der Waals surface area contributed by atoms with Gasteiger partial charge in [-0.15, -0.1) is 0 Å². The molecule has 1 rings (SSSR count). The van der Waals surface area contributed by atoms with Gasteiger partial charge in [-0.2, -0.15) is 5.26 Å². The number of amides is 1. The largest absolute Gasteiger partial charge is 0.492 e. The molecule has 0 fully saturated rings. The van der Waals surface area contributed by atoms with E-state index in [-0.39, 0.29) is 17.9 Å². The first-order valence-corrected chi connectivity index (χ1v) is 8.39. The molecule has 6 heteroatoms. The van der Waals surface area contributed by atoms with E-state index in [2.05, 4.69) is 11.4 Å². The second-order valence-corrected chi connectivity index (χ2v) is 6.85. The number of likely N-dealkylation sites (N-methyl/N-ethyl adjacent to an activating group) is 1. The van der Waals surface area contributed by atoms with Gasteiger partial charge >= 0.3 is 0 Å². The predicted octanol–water partition coefficient (Wildman–Crippen LogP) is 3.09. The maximum absolute atomic E-state index is 12.4. The van der Waals surface area contributed by atoms with Crippen molar-refractivity contribution in [2.75, 3.05) is 20.2 Å². The van der Waals surface area contributed by atoms with E-state index in [0.29, 0.717) is 18.2 Å². The number of ether oxygens (including phenoxy) is 1. The van der Waals surface area contributed by atoms with Gasteiger partial charge in [0, 0.05) is 11.6 Å². The molecule has 0 aliphatic carbocycles. The highest BCUT2D eigenvalue weighted by Gasteiger charge is 2.32. The van der Waals surface area contributed by atoms with Gasteiger partial charge < -0.3 is 10.1 Å². The van der Waals surface area contributed by atoms with E-state index in [1.54, 1.807) is 31.2 Å². The summed E-state index contributed by atoms with van der Waals surface area (Å²) in [6, 6.07) is 8.98. The van der Waals surface area contributed by atoms with Crippen LogP contribution in [0.1, 0.15) is 27.7 Å². The molecule has 1 aromatic carbocycles. The van der Waals surface area contributed by atoms with Crippen LogP contribution in [0.5, 0.6) is 5.75 Å². The Labute approximate surface area is 149 Å². The van der Waals surface area contributed by atoms with Gasteiger partial charge in [-0.25, -0.2) is 0 Å². The lowest BCUT2D eigenvalue weighted by Gasteiger charge is -2.31. The molecule has 2 atom stereocenters. The molecular formula is C18H26ClN3O2. The molecule has 1 N–H and O–H groups in total. The van der Waals surface area contributed by atoms with Crippen LogP contribution in [-0.2, 0) is 4.79 Å². The van der Waals surface area contributed by atoms with Crippen LogP contribution in [0, 0.1) is 17.2 Å². The topological polar surface area (TPSA) is 65.4 Å². The zero-order valence-electron chi connectivity index (χ0n) is 15.0. The van der Waals surface area contributed by atoms with Crippen molar-refractivity contribution in [1.29, 1.82) is 5.26 Å². The smallest absolute Gasteiger partial charge is 0.238 e. The third-order valence-electron chi connectivity index (χ3n) is 4.34. The van der Waals surface area contributed by atoms with Gasteiger partial charge in [-0.1, -0.05) is 25.4 Å². The number of nitrogens with zero attached hydrogens (tertiary/aromatic N) is 2. The first-order chi connectivity index (χ1) is 11.2. The molecule has 132 valence electrons. The average Bonchev–Trinajstić information content (AvgIpc) is 2.55. The number of benzene rings is 1. The molecule has 0 unspecified atom stereocenters. The summed E-state index contributed by atoms with van der Waals surface area (Å²) >= 11 is 5.83. The number of carbonyl (C=O) groups excluding carboxylic acids is 1. The second-order valence-electron chi connectivity index (χ2n) is 6.42. The second kappa shape index (κ2) is 8.91. The van der Waals surface area contributed by atoms with Crippen molar-refractivity contribution in [2.45, 2.75) is 39.3 Å². The fourth-order valence-electron chi connectivity index (χ4n) is 1.89. The molecule has 0 spiro atoms. The molecule has 1 aromatic rings. The molecule has 0 radical (unpaired) electrons. The van der Waals surface area contributed by atoms with Crippen LogP contribution in [0.4, 0.5) is 0 Å². The van der Waals surface area contributed by atoms with E-state index in [1.165, 1.54) is 0 Å². The van der Waals surface area contributed by atoms with E-state index in [9.17, 15) is 10.1 Å². The first-order valence-electron chi connectivity index (χ1n) is 8.01. The van der Waals surface area contributed by atoms with Gasteiger partial charge in [0.25, 0.3) is 0 Å². The summed E-state index contributed by atoms with van der Waals surface area (Å²) in [5, 5.41) is 12.8. The molecule has 0 aliphatic heterocycles. The highest BCUT2D eigenvalue weighted by Crippen LogP contribution is 2.16. The highest BCUT2D eigenvalue weighted by atomic mass is 35.5. The summed E-state index contributed by atoms with van der Waals surface area (Å²) in [6.07, 6.45) is 0. The first kappa shape index (κ1) is 20.3.